The van der Waals surface area contributed by atoms with E-state index in [2.05, 4.69) is 5.32 Å². The fourth-order valence-corrected chi connectivity index (χ4v) is 2.20. The van der Waals surface area contributed by atoms with E-state index in [0.717, 1.165) is 0 Å². The minimum Gasteiger partial charge on any atom is -0.381 e. The van der Waals surface area contributed by atoms with Crippen molar-refractivity contribution >= 4 is 11.6 Å². The van der Waals surface area contributed by atoms with E-state index in [-0.39, 0.29) is 12.3 Å². The number of hydrogen-bond acceptors (Lipinski definition) is 3. The number of nitrogens with one attached hydrogen (secondary N) is 1. The van der Waals surface area contributed by atoms with Crippen molar-refractivity contribution in [1.82, 2.24) is 0 Å². The highest BCUT2D eigenvalue weighted by atomic mass is 19.1. The third kappa shape index (κ3) is 3.03. The standard InChI is InChI=1S/C16H17FN2O2/c1-21-11-16(15(18)20,12-7-3-2-4-8-12)19-14-10-6-5-9-13(14)17/h2-10,19H,11H2,1H3,(H2,18,20). The number of para-hydroxylation sites is 1. The van der Waals surface area contributed by atoms with Gasteiger partial charge in [0.2, 0.25) is 5.91 Å². The van der Waals surface area contributed by atoms with Crippen molar-refractivity contribution in [3.63, 3.8) is 0 Å². The summed E-state index contributed by atoms with van der Waals surface area (Å²) in [6.45, 7) is -0.0132. The second-order valence-electron chi connectivity index (χ2n) is 4.67. The van der Waals surface area contributed by atoms with E-state index in [1.54, 1.807) is 42.5 Å². The van der Waals surface area contributed by atoms with Gasteiger partial charge in [-0.25, -0.2) is 4.39 Å². The molecule has 3 N–H and O–H groups in total. The second kappa shape index (κ2) is 6.37. The van der Waals surface area contributed by atoms with Crippen LogP contribution in [0.1, 0.15) is 5.56 Å². The van der Waals surface area contributed by atoms with E-state index >= 15 is 0 Å². The molecule has 4 nitrogen and oxygen atoms in total. The third-order valence-electron chi connectivity index (χ3n) is 3.27. The molecule has 0 aliphatic heterocycles. The van der Waals surface area contributed by atoms with Crippen LogP contribution < -0.4 is 11.1 Å². The molecule has 0 radical (unpaired) electrons. The number of carbonyl (C=O) groups excluding carboxylic acids is 1. The number of nitrogens with two attached hydrogens (primary N) is 1. The van der Waals surface area contributed by atoms with Crippen LogP contribution in [0.25, 0.3) is 0 Å². The van der Waals surface area contributed by atoms with Gasteiger partial charge in [0, 0.05) is 7.11 Å². The Morgan fingerprint density at radius 2 is 1.81 bits per heavy atom. The molecule has 0 aromatic heterocycles. The molecule has 0 saturated heterocycles. The van der Waals surface area contributed by atoms with Crippen LogP contribution in [-0.4, -0.2) is 19.6 Å². The van der Waals surface area contributed by atoms with Crippen LogP contribution in [0.3, 0.4) is 0 Å². The number of benzene rings is 2. The molecular formula is C16H17FN2O2. The van der Waals surface area contributed by atoms with Crippen molar-refractivity contribution in [2.24, 2.45) is 5.73 Å². The van der Waals surface area contributed by atoms with E-state index in [4.69, 9.17) is 10.5 Å². The summed E-state index contributed by atoms with van der Waals surface area (Å²) in [5.74, 6) is -1.10. The Bertz CT molecular complexity index is 619. The number of carbonyl (C=O) groups is 1. The van der Waals surface area contributed by atoms with Gasteiger partial charge in [0.15, 0.2) is 5.54 Å². The number of rotatable bonds is 6. The SMILES string of the molecule is COCC(Nc1ccccc1F)(C(N)=O)c1ccccc1. The third-order valence-corrected chi connectivity index (χ3v) is 3.27. The van der Waals surface area contributed by atoms with E-state index in [0.29, 0.717) is 5.56 Å². The van der Waals surface area contributed by atoms with Gasteiger partial charge in [-0.05, 0) is 17.7 Å². The first-order valence-electron chi connectivity index (χ1n) is 6.47. The molecule has 2 aromatic rings. The lowest BCUT2D eigenvalue weighted by Gasteiger charge is -2.32. The Kier molecular flexibility index (Phi) is 4.55. The molecule has 0 aliphatic rings. The van der Waals surface area contributed by atoms with Gasteiger partial charge in [0.05, 0.1) is 12.3 Å². The van der Waals surface area contributed by atoms with Crippen LogP contribution in [0.15, 0.2) is 54.6 Å². The summed E-state index contributed by atoms with van der Waals surface area (Å²) in [6.07, 6.45) is 0. The van der Waals surface area contributed by atoms with Crippen molar-refractivity contribution in [3.05, 3.63) is 66.0 Å². The average molecular weight is 288 g/mol. The Balaban J connectivity index is 2.50. The molecule has 0 saturated carbocycles. The van der Waals surface area contributed by atoms with E-state index in [9.17, 15) is 9.18 Å². The number of ether oxygens (including phenoxy) is 1. The molecule has 1 unspecified atom stereocenters. The van der Waals surface area contributed by atoms with E-state index < -0.39 is 17.3 Å². The first kappa shape index (κ1) is 15.0. The summed E-state index contributed by atoms with van der Waals surface area (Å²) >= 11 is 0. The van der Waals surface area contributed by atoms with Crippen LogP contribution in [0.2, 0.25) is 0 Å². The van der Waals surface area contributed by atoms with E-state index in [1.165, 1.54) is 13.2 Å². The molecule has 2 aromatic carbocycles. The fraction of sp³-hybridized carbons (Fsp3) is 0.188. The minimum atomic E-state index is -1.34. The van der Waals surface area contributed by atoms with Crippen molar-refractivity contribution in [2.75, 3.05) is 19.0 Å². The Morgan fingerprint density at radius 1 is 1.19 bits per heavy atom. The summed E-state index contributed by atoms with van der Waals surface area (Å²) in [6, 6.07) is 15.0. The summed E-state index contributed by atoms with van der Waals surface area (Å²) in [5, 5.41) is 2.90. The first-order chi connectivity index (χ1) is 10.1. The molecule has 0 bridgehead atoms. The van der Waals surface area contributed by atoms with Crippen LogP contribution in [0, 0.1) is 5.82 Å². The average Bonchev–Trinajstić information content (AvgIpc) is 2.49. The van der Waals surface area contributed by atoms with Crippen LogP contribution in [0.4, 0.5) is 10.1 Å². The predicted octanol–water partition coefficient (Wildman–Crippen LogP) is 2.26. The van der Waals surface area contributed by atoms with Crippen molar-refractivity contribution in [2.45, 2.75) is 5.54 Å². The minimum absolute atomic E-state index is 0.0132. The van der Waals surface area contributed by atoms with Gasteiger partial charge in [-0.3, -0.25) is 4.79 Å². The predicted molar refractivity (Wildman–Crippen MR) is 79.2 cm³/mol. The zero-order valence-electron chi connectivity index (χ0n) is 11.7. The topological polar surface area (TPSA) is 64.3 Å². The quantitative estimate of drug-likeness (QED) is 0.857. The Morgan fingerprint density at radius 3 is 2.38 bits per heavy atom. The van der Waals surface area contributed by atoms with Gasteiger partial charge >= 0.3 is 0 Å². The lowest BCUT2D eigenvalue weighted by Crippen LogP contribution is -2.51. The molecule has 5 heteroatoms. The van der Waals surface area contributed by atoms with Crippen molar-refractivity contribution < 1.29 is 13.9 Å². The first-order valence-corrected chi connectivity index (χ1v) is 6.47. The Hall–Kier alpha value is -2.40. The zero-order chi connectivity index (χ0) is 15.3. The monoisotopic (exact) mass is 288 g/mol. The Labute approximate surface area is 122 Å². The number of hydrogen-bond donors (Lipinski definition) is 2. The summed E-state index contributed by atoms with van der Waals surface area (Å²) < 4.78 is 19.0. The highest BCUT2D eigenvalue weighted by molar-refractivity contribution is 5.89. The number of methoxy groups -OCH3 is 1. The van der Waals surface area contributed by atoms with Gasteiger partial charge < -0.3 is 15.8 Å². The van der Waals surface area contributed by atoms with Gasteiger partial charge in [-0.1, -0.05) is 42.5 Å². The molecule has 0 fully saturated rings. The summed E-state index contributed by atoms with van der Waals surface area (Å²) in [5.41, 5.74) is 5.05. The van der Waals surface area contributed by atoms with Crippen molar-refractivity contribution in [1.29, 1.82) is 0 Å². The largest absolute Gasteiger partial charge is 0.381 e. The number of anilines is 1. The normalized spacial score (nSPS) is 13.4. The maximum absolute atomic E-state index is 13.9. The zero-order valence-corrected chi connectivity index (χ0v) is 11.7. The van der Waals surface area contributed by atoms with Gasteiger partial charge in [-0.2, -0.15) is 0 Å². The fourth-order valence-electron chi connectivity index (χ4n) is 2.20. The van der Waals surface area contributed by atoms with Crippen LogP contribution in [0.5, 0.6) is 0 Å². The van der Waals surface area contributed by atoms with Crippen molar-refractivity contribution in [3.8, 4) is 0 Å². The van der Waals surface area contributed by atoms with Gasteiger partial charge in [0.1, 0.15) is 5.82 Å². The van der Waals surface area contributed by atoms with E-state index in [1.807, 2.05) is 6.07 Å². The summed E-state index contributed by atoms with van der Waals surface area (Å²) in [4.78, 5) is 12.1. The number of primary amides is 1. The smallest absolute Gasteiger partial charge is 0.250 e. The van der Waals surface area contributed by atoms with Crippen LogP contribution in [-0.2, 0) is 15.1 Å². The molecule has 1 atom stereocenters. The lowest BCUT2D eigenvalue weighted by atomic mass is 9.89. The molecular weight excluding hydrogens is 271 g/mol. The number of halogens is 1. The molecule has 110 valence electrons. The van der Waals surface area contributed by atoms with Gasteiger partial charge in [0.25, 0.3) is 0 Å². The van der Waals surface area contributed by atoms with Gasteiger partial charge in [-0.15, -0.1) is 0 Å². The summed E-state index contributed by atoms with van der Waals surface area (Å²) in [7, 11) is 1.46. The number of amides is 1. The van der Waals surface area contributed by atoms with Crippen LogP contribution >= 0.6 is 0 Å². The molecule has 21 heavy (non-hydrogen) atoms. The maximum Gasteiger partial charge on any atom is 0.250 e. The highest BCUT2D eigenvalue weighted by Crippen LogP contribution is 2.28. The molecule has 0 spiro atoms. The molecule has 0 heterocycles. The highest BCUT2D eigenvalue weighted by Gasteiger charge is 2.39. The lowest BCUT2D eigenvalue weighted by molar-refractivity contribution is -0.124. The molecule has 1 amide bonds. The second-order valence-corrected chi connectivity index (χ2v) is 4.67. The molecule has 0 aliphatic carbocycles. The maximum atomic E-state index is 13.9. The molecule has 2 rings (SSSR count).